The van der Waals surface area contributed by atoms with Gasteiger partial charge in [0.15, 0.2) is 0 Å². The molecule has 7 heteroatoms. The number of carbonyl (C=O) groups is 1. The summed E-state index contributed by atoms with van der Waals surface area (Å²) in [5.41, 5.74) is 3.43. The lowest BCUT2D eigenvalue weighted by molar-refractivity contribution is -0.137. The van der Waals surface area contributed by atoms with Gasteiger partial charge in [0, 0.05) is 4.47 Å². The maximum absolute atomic E-state index is 12.5. The average Bonchev–Trinajstić information content (AvgIpc) is 1.99. The van der Waals surface area contributed by atoms with Crippen LogP contribution in [0.15, 0.2) is 22.7 Å². The molecule has 1 rings (SSSR count). The Kier molecular flexibility index (Phi) is 3.23. The predicted molar refractivity (Wildman–Crippen MR) is 52.4 cm³/mol. The normalized spacial score (nSPS) is 11.2. The van der Waals surface area contributed by atoms with E-state index in [-0.39, 0.29) is 10.2 Å². The molecule has 0 aliphatic heterocycles. The van der Waals surface area contributed by atoms with Gasteiger partial charge in [0.25, 0.3) is 0 Å². The van der Waals surface area contributed by atoms with E-state index in [4.69, 9.17) is 5.73 Å². The molecule has 0 saturated heterocycles. The number of primary amides is 1. The van der Waals surface area contributed by atoms with Crippen molar-refractivity contribution in [3.05, 3.63) is 28.2 Å². The third kappa shape index (κ3) is 2.85. The van der Waals surface area contributed by atoms with Crippen molar-refractivity contribution in [3.63, 3.8) is 0 Å². The molecule has 0 heterocycles. The molecule has 82 valence electrons. The van der Waals surface area contributed by atoms with E-state index in [1.807, 2.05) is 5.32 Å². The first kappa shape index (κ1) is 11.8. The lowest BCUT2D eigenvalue weighted by Crippen LogP contribution is -2.22. The highest BCUT2D eigenvalue weighted by Gasteiger charge is 2.36. The number of rotatable bonds is 1. The molecule has 0 aromatic heterocycles. The largest absolute Gasteiger partial charge is 0.419 e. The Balaban J connectivity index is 3.27. The first-order chi connectivity index (χ1) is 6.82. The van der Waals surface area contributed by atoms with E-state index in [1.165, 1.54) is 12.1 Å². The standard InChI is InChI=1S/C8H6BrF3N2O/c9-4-2-1-3-5(14-7(13)15)6(4)8(10,11)12/h1-3H,(H3,13,14,15). The highest BCUT2D eigenvalue weighted by Crippen LogP contribution is 2.39. The van der Waals surface area contributed by atoms with E-state index >= 15 is 0 Å². The molecule has 0 spiro atoms. The number of nitrogens with two attached hydrogens (primary N) is 1. The van der Waals surface area contributed by atoms with Gasteiger partial charge in [-0.1, -0.05) is 22.0 Å². The van der Waals surface area contributed by atoms with Gasteiger partial charge >= 0.3 is 12.2 Å². The summed E-state index contributed by atoms with van der Waals surface area (Å²) in [5.74, 6) is 0. The van der Waals surface area contributed by atoms with Crippen molar-refractivity contribution in [3.8, 4) is 0 Å². The van der Waals surface area contributed by atoms with Crippen LogP contribution >= 0.6 is 15.9 Å². The fourth-order valence-electron chi connectivity index (χ4n) is 1.05. The monoisotopic (exact) mass is 282 g/mol. The molecule has 0 saturated carbocycles. The van der Waals surface area contributed by atoms with Crippen LogP contribution in [0.2, 0.25) is 0 Å². The summed E-state index contributed by atoms with van der Waals surface area (Å²) in [6.45, 7) is 0. The van der Waals surface area contributed by atoms with Crippen molar-refractivity contribution in [2.24, 2.45) is 5.73 Å². The molecule has 0 aliphatic rings. The highest BCUT2D eigenvalue weighted by atomic mass is 79.9. The molecule has 1 aromatic carbocycles. The van der Waals surface area contributed by atoms with Crippen molar-refractivity contribution >= 4 is 27.6 Å². The Morgan fingerprint density at radius 3 is 2.47 bits per heavy atom. The van der Waals surface area contributed by atoms with E-state index in [0.717, 1.165) is 6.07 Å². The summed E-state index contributed by atoms with van der Waals surface area (Å²) < 4.78 is 37.5. The summed E-state index contributed by atoms with van der Waals surface area (Å²) >= 11 is 2.76. The molecule has 3 nitrogen and oxygen atoms in total. The SMILES string of the molecule is NC(=O)Nc1cccc(Br)c1C(F)(F)F. The van der Waals surface area contributed by atoms with Gasteiger partial charge in [-0.3, -0.25) is 0 Å². The summed E-state index contributed by atoms with van der Waals surface area (Å²) in [7, 11) is 0. The van der Waals surface area contributed by atoms with Crippen molar-refractivity contribution in [1.82, 2.24) is 0 Å². The Labute approximate surface area is 91.6 Å². The van der Waals surface area contributed by atoms with Crippen molar-refractivity contribution < 1.29 is 18.0 Å². The molecule has 0 radical (unpaired) electrons. The molecule has 15 heavy (non-hydrogen) atoms. The summed E-state index contributed by atoms with van der Waals surface area (Å²) in [4.78, 5) is 10.5. The van der Waals surface area contributed by atoms with Crippen molar-refractivity contribution in [2.75, 3.05) is 5.32 Å². The molecular formula is C8H6BrF3N2O. The number of halogens is 4. The summed E-state index contributed by atoms with van der Waals surface area (Å²) in [6.07, 6.45) is -4.56. The molecule has 0 unspecified atom stereocenters. The lowest BCUT2D eigenvalue weighted by Gasteiger charge is -2.14. The zero-order chi connectivity index (χ0) is 11.6. The quantitative estimate of drug-likeness (QED) is 0.818. The molecule has 0 bridgehead atoms. The molecule has 1 aromatic rings. The minimum Gasteiger partial charge on any atom is -0.351 e. The minimum absolute atomic E-state index is 0.152. The van der Waals surface area contributed by atoms with Crippen LogP contribution in [0.5, 0.6) is 0 Å². The first-order valence-electron chi connectivity index (χ1n) is 3.74. The zero-order valence-electron chi connectivity index (χ0n) is 7.23. The molecule has 0 aliphatic carbocycles. The second kappa shape index (κ2) is 4.09. The number of anilines is 1. The number of hydrogen-bond acceptors (Lipinski definition) is 1. The number of carbonyl (C=O) groups excluding carboxylic acids is 1. The Morgan fingerprint density at radius 2 is 2.00 bits per heavy atom. The zero-order valence-corrected chi connectivity index (χ0v) is 8.82. The smallest absolute Gasteiger partial charge is 0.351 e. The van der Waals surface area contributed by atoms with Gasteiger partial charge in [-0.25, -0.2) is 4.79 Å². The van der Waals surface area contributed by atoms with Gasteiger partial charge in [-0.05, 0) is 12.1 Å². The Bertz CT molecular complexity index is 392. The third-order valence-electron chi connectivity index (χ3n) is 1.55. The van der Waals surface area contributed by atoms with Crippen molar-refractivity contribution in [1.29, 1.82) is 0 Å². The van der Waals surface area contributed by atoms with E-state index < -0.39 is 17.8 Å². The third-order valence-corrected chi connectivity index (χ3v) is 2.22. The van der Waals surface area contributed by atoms with Gasteiger partial charge in [0.05, 0.1) is 11.3 Å². The fraction of sp³-hybridized carbons (Fsp3) is 0.125. The van der Waals surface area contributed by atoms with Crippen LogP contribution in [-0.4, -0.2) is 6.03 Å². The topological polar surface area (TPSA) is 55.1 Å². The second-order valence-electron chi connectivity index (χ2n) is 2.65. The van der Waals surface area contributed by atoms with Crippen LogP contribution in [-0.2, 0) is 6.18 Å². The van der Waals surface area contributed by atoms with E-state index in [0.29, 0.717) is 0 Å². The molecule has 3 N–H and O–H groups in total. The lowest BCUT2D eigenvalue weighted by atomic mass is 10.1. The maximum Gasteiger partial charge on any atom is 0.419 e. The number of amides is 2. The van der Waals surface area contributed by atoms with Crippen LogP contribution < -0.4 is 11.1 Å². The van der Waals surface area contributed by atoms with Crippen LogP contribution in [0.4, 0.5) is 23.7 Å². The van der Waals surface area contributed by atoms with Crippen LogP contribution in [0.1, 0.15) is 5.56 Å². The van der Waals surface area contributed by atoms with Crippen LogP contribution in [0, 0.1) is 0 Å². The highest BCUT2D eigenvalue weighted by molar-refractivity contribution is 9.10. The van der Waals surface area contributed by atoms with Gasteiger partial charge < -0.3 is 11.1 Å². The van der Waals surface area contributed by atoms with Crippen LogP contribution in [0.3, 0.4) is 0 Å². The summed E-state index contributed by atoms with van der Waals surface area (Å²) in [6, 6.07) is 2.68. The Hall–Kier alpha value is -1.24. The minimum atomic E-state index is -4.56. The van der Waals surface area contributed by atoms with E-state index in [2.05, 4.69) is 15.9 Å². The van der Waals surface area contributed by atoms with Crippen molar-refractivity contribution in [2.45, 2.75) is 6.18 Å². The van der Waals surface area contributed by atoms with Gasteiger partial charge in [0.1, 0.15) is 0 Å². The molecule has 2 amide bonds. The van der Waals surface area contributed by atoms with Gasteiger partial charge in [0.2, 0.25) is 0 Å². The predicted octanol–water partition coefficient (Wildman–Crippen LogP) is 2.96. The maximum atomic E-state index is 12.5. The second-order valence-corrected chi connectivity index (χ2v) is 3.50. The number of alkyl halides is 3. The fourth-order valence-corrected chi connectivity index (χ4v) is 1.64. The van der Waals surface area contributed by atoms with E-state index in [9.17, 15) is 18.0 Å². The average molecular weight is 283 g/mol. The molecule has 0 fully saturated rings. The van der Waals surface area contributed by atoms with Crippen LogP contribution in [0.25, 0.3) is 0 Å². The number of nitrogens with one attached hydrogen (secondary N) is 1. The molecule has 0 atom stereocenters. The molecular weight excluding hydrogens is 277 g/mol. The first-order valence-corrected chi connectivity index (χ1v) is 4.54. The summed E-state index contributed by atoms with van der Waals surface area (Å²) in [5, 5.41) is 1.91. The number of hydrogen-bond donors (Lipinski definition) is 2. The number of benzene rings is 1. The number of urea groups is 1. The van der Waals surface area contributed by atoms with Gasteiger partial charge in [-0.15, -0.1) is 0 Å². The Morgan fingerprint density at radius 1 is 1.40 bits per heavy atom. The van der Waals surface area contributed by atoms with E-state index in [1.54, 1.807) is 0 Å². The van der Waals surface area contributed by atoms with Gasteiger partial charge in [-0.2, -0.15) is 13.2 Å².